The van der Waals surface area contributed by atoms with E-state index in [1.54, 1.807) is 0 Å². The van der Waals surface area contributed by atoms with Crippen LogP contribution in [-0.2, 0) is 9.53 Å². The van der Waals surface area contributed by atoms with E-state index in [1.165, 1.54) is 12.8 Å². The molecule has 1 N–H and O–H groups in total. The average Bonchev–Trinajstić information content (AvgIpc) is 2.37. The summed E-state index contributed by atoms with van der Waals surface area (Å²) in [6.07, 6.45) is 3.89. The highest BCUT2D eigenvalue weighted by molar-refractivity contribution is 5.78. The van der Waals surface area contributed by atoms with Gasteiger partial charge in [-0.05, 0) is 71.9 Å². The standard InChI is InChI=1S/C17H34N2O2/c1-13(2)18-17(20)12-19-9-6-16(7-10-19)15(5)8-11-21-14(3)4/h13-16H,6-12H2,1-5H3,(H,18,20)/t15-/m0/s1. The molecular formula is C17H34N2O2. The summed E-state index contributed by atoms with van der Waals surface area (Å²) < 4.78 is 5.65. The van der Waals surface area contributed by atoms with Crippen LogP contribution in [0, 0.1) is 11.8 Å². The van der Waals surface area contributed by atoms with Crippen molar-refractivity contribution in [2.75, 3.05) is 26.2 Å². The van der Waals surface area contributed by atoms with Gasteiger partial charge in [-0.15, -0.1) is 0 Å². The van der Waals surface area contributed by atoms with Crippen molar-refractivity contribution < 1.29 is 9.53 Å². The van der Waals surface area contributed by atoms with Gasteiger partial charge in [0.2, 0.25) is 5.91 Å². The maximum Gasteiger partial charge on any atom is 0.234 e. The van der Waals surface area contributed by atoms with Gasteiger partial charge in [-0.25, -0.2) is 0 Å². The van der Waals surface area contributed by atoms with Crippen LogP contribution in [0.1, 0.15) is 53.9 Å². The minimum Gasteiger partial charge on any atom is -0.379 e. The molecule has 4 nitrogen and oxygen atoms in total. The minimum absolute atomic E-state index is 0.154. The van der Waals surface area contributed by atoms with Gasteiger partial charge < -0.3 is 10.1 Å². The van der Waals surface area contributed by atoms with Crippen molar-refractivity contribution in [3.8, 4) is 0 Å². The number of rotatable bonds is 8. The first kappa shape index (κ1) is 18.4. The molecule has 0 bridgehead atoms. The van der Waals surface area contributed by atoms with Crippen LogP contribution in [0.3, 0.4) is 0 Å². The van der Waals surface area contributed by atoms with E-state index in [9.17, 15) is 4.79 Å². The number of likely N-dealkylation sites (tertiary alicyclic amines) is 1. The van der Waals surface area contributed by atoms with Crippen LogP contribution in [0.5, 0.6) is 0 Å². The number of nitrogens with one attached hydrogen (secondary N) is 1. The Bertz CT molecular complexity index is 297. The number of ether oxygens (including phenoxy) is 1. The molecule has 0 aliphatic carbocycles. The van der Waals surface area contributed by atoms with Gasteiger partial charge in [0.15, 0.2) is 0 Å². The molecule has 0 unspecified atom stereocenters. The van der Waals surface area contributed by atoms with Gasteiger partial charge in [-0.3, -0.25) is 9.69 Å². The molecule has 1 heterocycles. The van der Waals surface area contributed by atoms with Crippen LogP contribution in [0.15, 0.2) is 0 Å². The summed E-state index contributed by atoms with van der Waals surface area (Å²) in [5, 5.41) is 2.97. The number of piperidine rings is 1. The predicted octanol–water partition coefficient (Wildman–Crippen LogP) is 2.67. The first-order valence-corrected chi connectivity index (χ1v) is 8.51. The van der Waals surface area contributed by atoms with Gasteiger partial charge in [0.05, 0.1) is 12.6 Å². The summed E-state index contributed by atoms with van der Waals surface area (Å²) in [5.74, 6) is 1.65. The summed E-state index contributed by atoms with van der Waals surface area (Å²) in [6.45, 7) is 14.0. The second-order valence-corrected chi connectivity index (χ2v) is 7.02. The molecule has 1 saturated heterocycles. The first-order valence-electron chi connectivity index (χ1n) is 8.51. The molecule has 0 aromatic carbocycles. The number of nitrogens with zero attached hydrogens (tertiary/aromatic N) is 1. The Morgan fingerprint density at radius 1 is 1.19 bits per heavy atom. The summed E-state index contributed by atoms with van der Waals surface area (Å²) in [4.78, 5) is 14.1. The summed E-state index contributed by atoms with van der Waals surface area (Å²) in [7, 11) is 0. The molecule has 0 radical (unpaired) electrons. The largest absolute Gasteiger partial charge is 0.379 e. The third kappa shape index (κ3) is 7.82. The number of carbonyl (C=O) groups excluding carboxylic acids is 1. The Hall–Kier alpha value is -0.610. The van der Waals surface area contributed by atoms with E-state index in [0.717, 1.165) is 38.0 Å². The molecule has 1 fully saturated rings. The smallest absolute Gasteiger partial charge is 0.234 e. The van der Waals surface area contributed by atoms with E-state index in [2.05, 4.69) is 31.0 Å². The van der Waals surface area contributed by atoms with Crippen molar-refractivity contribution in [2.24, 2.45) is 11.8 Å². The fourth-order valence-electron chi connectivity index (χ4n) is 2.98. The van der Waals surface area contributed by atoms with E-state index in [0.29, 0.717) is 12.6 Å². The monoisotopic (exact) mass is 298 g/mol. The first-order chi connectivity index (χ1) is 9.88. The van der Waals surface area contributed by atoms with Gasteiger partial charge in [0.1, 0.15) is 0 Å². The lowest BCUT2D eigenvalue weighted by Crippen LogP contribution is -2.44. The Kier molecular flexibility index (Phi) is 8.27. The SMILES string of the molecule is CC(C)NC(=O)CN1CCC([C@@H](C)CCOC(C)C)CC1. The second kappa shape index (κ2) is 9.42. The van der Waals surface area contributed by atoms with Crippen LogP contribution in [0.2, 0.25) is 0 Å². The zero-order valence-electron chi connectivity index (χ0n) is 14.5. The molecule has 124 valence electrons. The topological polar surface area (TPSA) is 41.6 Å². The number of hydrogen-bond donors (Lipinski definition) is 1. The quantitative estimate of drug-likeness (QED) is 0.749. The van der Waals surface area contributed by atoms with Crippen LogP contribution in [-0.4, -0.2) is 49.2 Å². The summed E-state index contributed by atoms with van der Waals surface area (Å²) in [5.41, 5.74) is 0. The van der Waals surface area contributed by atoms with E-state index >= 15 is 0 Å². The molecule has 1 amide bonds. The zero-order valence-corrected chi connectivity index (χ0v) is 14.5. The van der Waals surface area contributed by atoms with Crippen molar-refractivity contribution in [3.05, 3.63) is 0 Å². The molecule has 1 aliphatic heterocycles. The maximum atomic E-state index is 11.8. The molecule has 0 spiro atoms. The lowest BCUT2D eigenvalue weighted by Gasteiger charge is -2.34. The van der Waals surface area contributed by atoms with Crippen molar-refractivity contribution >= 4 is 5.91 Å². The van der Waals surface area contributed by atoms with Gasteiger partial charge >= 0.3 is 0 Å². The number of hydrogen-bond acceptors (Lipinski definition) is 3. The summed E-state index contributed by atoms with van der Waals surface area (Å²) >= 11 is 0. The molecule has 1 aliphatic rings. The van der Waals surface area contributed by atoms with E-state index in [4.69, 9.17) is 4.74 Å². The highest BCUT2D eigenvalue weighted by Gasteiger charge is 2.24. The van der Waals surface area contributed by atoms with Crippen LogP contribution >= 0.6 is 0 Å². The molecule has 1 rings (SSSR count). The van der Waals surface area contributed by atoms with Crippen molar-refractivity contribution in [1.82, 2.24) is 10.2 Å². The maximum absolute atomic E-state index is 11.8. The predicted molar refractivity (Wildman–Crippen MR) is 87.3 cm³/mol. The fraction of sp³-hybridized carbons (Fsp3) is 0.941. The molecule has 1 atom stereocenters. The Morgan fingerprint density at radius 3 is 2.33 bits per heavy atom. The van der Waals surface area contributed by atoms with Crippen LogP contribution < -0.4 is 5.32 Å². The second-order valence-electron chi connectivity index (χ2n) is 7.02. The molecule has 4 heteroatoms. The minimum atomic E-state index is 0.154. The molecule has 21 heavy (non-hydrogen) atoms. The molecule has 0 aromatic rings. The normalized spacial score (nSPS) is 19.2. The fourth-order valence-corrected chi connectivity index (χ4v) is 2.98. The van der Waals surface area contributed by atoms with E-state index in [1.807, 2.05) is 13.8 Å². The van der Waals surface area contributed by atoms with Crippen molar-refractivity contribution in [3.63, 3.8) is 0 Å². The van der Waals surface area contributed by atoms with E-state index < -0.39 is 0 Å². The van der Waals surface area contributed by atoms with Gasteiger partial charge in [0.25, 0.3) is 0 Å². The lowest BCUT2D eigenvalue weighted by atomic mass is 9.84. The molecule has 0 aromatic heterocycles. The zero-order chi connectivity index (χ0) is 15.8. The van der Waals surface area contributed by atoms with Crippen LogP contribution in [0.25, 0.3) is 0 Å². The third-order valence-corrected chi connectivity index (χ3v) is 4.28. The average molecular weight is 298 g/mol. The Morgan fingerprint density at radius 2 is 1.81 bits per heavy atom. The van der Waals surface area contributed by atoms with Gasteiger partial charge in [0, 0.05) is 12.6 Å². The van der Waals surface area contributed by atoms with Crippen molar-refractivity contribution in [2.45, 2.75) is 66.0 Å². The number of carbonyl (C=O) groups is 1. The Balaban J connectivity index is 2.20. The summed E-state index contributed by atoms with van der Waals surface area (Å²) in [6, 6.07) is 0.232. The highest BCUT2D eigenvalue weighted by Crippen LogP contribution is 2.27. The van der Waals surface area contributed by atoms with Gasteiger partial charge in [-0.1, -0.05) is 6.92 Å². The molecular weight excluding hydrogens is 264 g/mol. The van der Waals surface area contributed by atoms with Crippen molar-refractivity contribution in [1.29, 1.82) is 0 Å². The Labute approximate surface area is 130 Å². The van der Waals surface area contributed by atoms with E-state index in [-0.39, 0.29) is 11.9 Å². The number of amides is 1. The van der Waals surface area contributed by atoms with Gasteiger partial charge in [-0.2, -0.15) is 0 Å². The lowest BCUT2D eigenvalue weighted by molar-refractivity contribution is -0.123. The highest BCUT2D eigenvalue weighted by atomic mass is 16.5. The molecule has 0 saturated carbocycles. The van der Waals surface area contributed by atoms with Crippen LogP contribution in [0.4, 0.5) is 0 Å². The third-order valence-electron chi connectivity index (χ3n) is 4.28.